The second-order valence-electron chi connectivity index (χ2n) is 7.09. The normalized spacial score (nSPS) is 10.7. The van der Waals surface area contributed by atoms with Crippen LogP contribution in [0, 0.1) is 6.92 Å². The summed E-state index contributed by atoms with van der Waals surface area (Å²) in [6.07, 6.45) is 0. The Hall–Kier alpha value is -3.93. The number of aryl methyl sites for hydroxylation is 1. The fourth-order valence-corrected chi connectivity index (χ4v) is 3.39. The summed E-state index contributed by atoms with van der Waals surface area (Å²) in [6.45, 7) is 6.20. The molecule has 1 aromatic heterocycles. The average Bonchev–Trinajstić information content (AvgIpc) is 3.21. The quantitative estimate of drug-likeness (QED) is 0.404. The molecule has 0 radical (unpaired) electrons. The van der Waals surface area contributed by atoms with E-state index in [0.717, 1.165) is 33.5 Å². The van der Waals surface area contributed by atoms with Crippen LogP contribution >= 0.6 is 0 Å². The van der Waals surface area contributed by atoms with Crippen LogP contribution < -0.4 is 19.5 Å². The molecule has 0 aliphatic rings. The lowest BCUT2D eigenvalue weighted by Gasteiger charge is -2.16. The fourth-order valence-electron chi connectivity index (χ4n) is 3.39. The Balaban J connectivity index is 1.62. The highest BCUT2D eigenvalue weighted by atomic mass is 16.5. The maximum Gasteiger partial charge on any atom is 0.227 e. The van der Waals surface area contributed by atoms with Crippen molar-refractivity contribution in [3.8, 4) is 28.7 Å². The molecular formula is C25H24N2O4. The van der Waals surface area contributed by atoms with Gasteiger partial charge in [-0.2, -0.15) is 0 Å². The second-order valence-corrected chi connectivity index (χ2v) is 7.09. The summed E-state index contributed by atoms with van der Waals surface area (Å²) in [7, 11) is 4.75. The minimum Gasteiger partial charge on any atom is -0.493 e. The van der Waals surface area contributed by atoms with Crippen molar-refractivity contribution in [2.45, 2.75) is 6.92 Å². The Bertz CT molecular complexity index is 1230. The van der Waals surface area contributed by atoms with E-state index >= 15 is 0 Å². The number of nitrogens with one attached hydrogen (secondary N) is 1. The molecule has 0 atom stereocenters. The molecule has 0 fully saturated rings. The van der Waals surface area contributed by atoms with Crippen molar-refractivity contribution in [1.82, 2.24) is 4.98 Å². The largest absolute Gasteiger partial charge is 0.493 e. The molecule has 6 heteroatoms. The minimum atomic E-state index is 0.537. The van der Waals surface area contributed by atoms with Gasteiger partial charge in [0, 0.05) is 22.5 Å². The van der Waals surface area contributed by atoms with Gasteiger partial charge in [-0.3, -0.25) is 0 Å². The van der Waals surface area contributed by atoms with Gasteiger partial charge in [-0.05, 0) is 55.0 Å². The number of oxazole rings is 1. The standard InChI is InChI=1S/C25H24N2O4/c1-15-9-10-20-21(11-15)31-25(27-20)17-7-6-8-19(12-17)26-16(2)18-13-22(28-3)24(30-5)23(14-18)29-4/h6-14,26H,2H2,1,3-5H3. The molecule has 0 unspecified atom stereocenters. The molecule has 6 nitrogen and oxygen atoms in total. The maximum atomic E-state index is 5.96. The first-order chi connectivity index (χ1) is 15.0. The fraction of sp³-hybridized carbons (Fsp3) is 0.160. The van der Waals surface area contributed by atoms with Gasteiger partial charge in [0.15, 0.2) is 17.1 Å². The first kappa shape index (κ1) is 20.3. The van der Waals surface area contributed by atoms with E-state index in [1.165, 1.54) is 0 Å². The number of benzene rings is 3. The van der Waals surface area contributed by atoms with Gasteiger partial charge in [0.05, 0.1) is 21.3 Å². The van der Waals surface area contributed by atoms with E-state index in [4.69, 9.17) is 18.6 Å². The van der Waals surface area contributed by atoms with E-state index < -0.39 is 0 Å². The van der Waals surface area contributed by atoms with E-state index in [1.807, 2.05) is 61.5 Å². The number of methoxy groups -OCH3 is 3. The molecule has 31 heavy (non-hydrogen) atoms. The number of hydrogen-bond acceptors (Lipinski definition) is 6. The zero-order chi connectivity index (χ0) is 22.0. The Morgan fingerprint density at radius 3 is 2.35 bits per heavy atom. The van der Waals surface area contributed by atoms with Gasteiger partial charge in [0.2, 0.25) is 11.6 Å². The smallest absolute Gasteiger partial charge is 0.227 e. The highest BCUT2D eigenvalue weighted by molar-refractivity contribution is 5.81. The molecule has 0 aliphatic carbocycles. The predicted molar refractivity (Wildman–Crippen MR) is 123 cm³/mol. The van der Waals surface area contributed by atoms with Crippen LogP contribution in [-0.4, -0.2) is 26.3 Å². The lowest BCUT2D eigenvalue weighted by atomic mass is 10.1. The summed E-state index contributed by atoms with van der Waals surface area (Å²) in [6, 6.07) is 17.5. The Labute approximate surface area is 181 Å². The van der Waals surface area contributed by atoms with Gasteiger partial charge in [0.25, 0.3) is 0 Å². The van der Waals surface area contributed by atoms with Gasteiger partial charge >= 0.3 is 0 Å². The third-order valence-corrected chi connectivity index (χ3v) is 4.96. The summed E-state index contributed by atoms with van der Waals surface area (Å²) >= 11 is 0. The summed E-state index contributed by atoms with van der Waals surface area (Å²) in [5.41, 5.74) is 5.97. The molecule has 1 heterocycles. The Morgan fingerprint density at radius 2 is 1.68 bits per heavy atom. The molecule has 1 N–H and O–H groups in total. The van der Waals surface area contributed by atoms with Crippen molar-refractivity contribution in [3.63, 3.8) is 0 Å². The first-order valence-corrected chi connectivity index (χ1v) is 9.76. The van der Waals surface area contributed by atoms with Gasteiger partial charge in [0.1, 0.15) is 5.52 Å². The molecule has 158 valence electrons. The van der Waals surface area contributed by atoms with E-state index in [2.05, 4.69) is 16.9 Å². The van der Waals surface area contributed by atoms with Gasteiger partial charge in [-0.15, -0.1) is 0 Å². The van der Waals surface area contributed by atoms with E-state index in [1.54, 1.807) is 21.3 Å². The maximum absolute atomic E-state index is 5.96. The molecule has 0 saturated carbocycles. The predicted octanol–water partition coefficient (Wildman–Crippen LogP) is 5.91. The number of fused-ring (bicyclic) bond motifs is 1. The van der Waals surface area contributed by atoms with Crippen LogP contribution in [0.2, 0.25) is 0 Å². The first-order valence-electron chi connectivity index (χ1n) is 9.76. The van der Waals surface area contributed by atoms with Crippen molar-refractivity contribution in [2.75, 3.05) is 26.6 Å². The van der Waals surface area contributed by atoms with Crippen LogP contribution in [0.1, 0.15) is 11.1 Å². The molecule has 0 aliphatic heterocycles. The number of anilines is 1. The SMILES string of the molecule is C=C(Nc1cccc(-c2nc3ccc(C)cc3o2)c1)c1cc(OC)c(OC)c(OC)c1. The van der Waals surface area contributed by atoms with E-state index in [0.29, 0.717) is 28.8 Å². The van der Waals surface area contributed by atoms with Crippen molar-refractivity contribution in [3.05, 3.63) is 72.3 Å². The van der Waals surface area contributed by atoms with Crippen LogP contribution in [0.25, 0.3) is 28.3 Å². The molecule has 3 aromatic carbocycles. The Morgan fingerprint density at radius 1 is 0.935 bits per heavy atom. The van der Waals surface area contributed by atoms with Crippen LogP contribution in [0.15, 0.2) is 65.6 Å². The zero-order valence-corrected chi connectivity index (χ0v) is 18.0. The van der Waals surface area contributed by atoms with Crippen LogP contribution in [0.3, 0.4) is 0 Å². The van der Waals surface area contributed by atoms with E-state index in [9.17, 15) is 0 Å². The van der Waals surface area contributed by atoms with Crippen molar-refractivity contribution in [2.24, 2.45) is 0 Å². The van der Waals surface area contributed by atoms with Gasteiger partial charge in [-0.1, -0.05) is 18.7 Å². The zero-order valence-electron chi connectivity index (χ0n) is 18.0. The number of hydrogen-bond donors (Lipinski definition) is 1. The monoisotopic (exact) mass is 416 g/mol. The second kappa shape index (κ2) is 8.44. The van der Waals surface area contributed by atoms with Crippen LogP contribution in [0.5, 0.6) is 17.2 Å². The molecule has 0 bridgehead atoms. The molecule has 4 aromatic rings. The lowest BCUT2D eigenvalue weighted by molar-refractivity contribution is 0.324. The molecule has 0 spiro atoms. The molecular weight excluding hydrogens is 392 g/mol. The summed E-state index contributed by atoms with van der Waals surface area (Å²) in [5.74, 6) is 2.24. The Kier molecular flexibility index (Phi) is 5.54. The van der Waals surface area contributed by atoms with E-state index in [-0.39, 0.29) is 0 Å². The van der Waals surface area contributed by atoms with Crippen molar-refractivity contribution >= 4 is 22.5 Å². The van der Waals surface area contributed by atoms with Crippen LogP contribution in [-0.2, 0) is 0 Å². The number of rotatable bonds is 7. The minimum absolute atomic E-state index is 0.537. The third kappa shape index (κ3) is 4.05. The summed E-state index contributed by atoms with van der Waals surface area (Å²) in [4.78, 5) is 4.60. The molecule has 4 rings (SSSR count). The van der Waals surface area contributed by atoms with Gasteiger partial charge < -0.3 is 23.9 Å². The van der Waals surface area contributed by atoms with Gasteiger partial charge in [-0.25, -0.2) is 4.98 Å². The number of aromatic nitrogens is 1. The third-order valence-electron chi connectivity index (χ3n) is 4.96. The highest BCUT2D eigenvalue weighted by Crippen LogP contribution is 2.40. The van der Waals surface area contributed by atoms with Crippen molar-refractivity contribution < 1.29 is 18.6 Å². The van der Waals surface area contributed by atoms with Crippen LogP contribution in [0.4, 0.5) is 5.69 Å². The molecule has 0 amide bonds. The summed E-state index contributed by atoms with van der Waals surface area (Å²) in [5, 5.41) is 3.34. The number of nitrogens with zero attached hydrogens (tertiary/aromatic N) is 1. The topological polar surface area (TPSA) is 65.8 Å². The summed E-state index contributed by atoms with van der Waals surface area (Å²) < 4.78 is 22.2. The lowest BCUT2D eigenvalue weighted by Crippen LogP contribution is -2.01. The number of ether oxygens (including phenoxy) is 3. The average molecular weight is 416 g/mol. The highest BCUT2D eigenvalue weighted by Gasteiger charge is 2.15. The van der Waals surface area contributed by atoms with Crippen molar-refractivity contribution in [1.29, 1.82) is 0 Å². The molecule has 0 saturated heterocycles.